The highest BCUT2D eigenvalue weighted by molar-refractivity contribution is 7.18. The van der Waals surface area contributed by atoms with Crippen LogP contribution in [0.15, 0.2) is 34.2 Å². The van der Waals surface area contributed by atoms with Crippen molar-refractivity contribution in [2.45, 2.75) is 66.2 Å². The van der Waals surface area contributed by atoms with Gasteiger partial charge in [-0.05, 0) is 49.3 Å². The van der Waals surface area contributed by atoms with E-state index in [9.17, 15) is 14.9 Å². The number of amides is 2. The molecule has 35 heavy (non-hydrogen) atoms. The van der Waals surface area contributed by atoms with Gasteiger partial charge in [-0.2, -0.15) is 5.26 Å². The minimum absolute atomic E-state index is 0.0434. The van der Waals surface area contributed by atoms with Gasteiger partial charge < -0.3 is 4.90 Å². The third kappa shape index (κ3) is 6.09. The Morgan fingerprint density at radius 1 is 1.09 bits per heavy atom. The van der Waals surface area contributed by atoms with Gasteiger partial charge in [0, 0.05) is 25.2 Å². The Labute approximate surface area is 216 Å². The first-order valence-corrected chi connectivity index (χ1v) is 14.1. The Bertz CT molecular complexity index is 1130. The summed E-state index contributed by atoms with van der Waals surface area (Å²) in [6, 6.07) is 6.07. The van der Waals surface area contributed by atoms with Crippen molar-refractivity contribution in [2.75, 3.05) is 24.5 Å². The van der Waals surface area contributed by atoms with E-state index in [1.807, 2.05) is 36.6 Å². The minimum atomic E-state index is -0.491. The number of imide groups is 1. The highest BCUT2D eigenvalue weighted by Gasteiger charge is 2.35. The summed E-state index contributed by atoms with van der Waals surface area (Å²) in [6.07, 6.45) is 7.81. The van der Waals surface area contributed by atoms with Crippen molar-refractivity contribution in [3.63, 3.8) is 0 Å². The molecule has 0 aliphatic carbocycles. The van der Waals surface area contributed by atoms with Crippen LogP contribution in [-0.4, -0.2) is 41.3 Å². The zero-order chi connectivity index (χ0) is 25.4. The van der Waals surface area contributed by atoms with Gasteiger partial charge in [0.15, 0.2) is 5.13 Å². The highest BCUT2D eigenvalue weighted by atomic mass is 32.1. The summed E-state index contributed by atoms with van der Waals surface area (Å²) in [6.45, 7) is 10.3. The molecule has 0 saturated carbocycles. The van der Waals surface area contributed by atoms with Gasteiger partial charge in [0.05, 0.1) is 9.75 Å². The van der Waals surface area contributed by atoms with E-state index in [1.165, 1.54) is 4.90 Å². The van der Waals surface area contributed by atoms with E-state index in [1.54, 1.807) is 29.6 Å². The van der Waals surface area contributed by atoms with Gasteiger partial charge in [-0.15, -0.1) is 11.3 Å². The van der Waals surface area contributed by atoms with Crippen LogP contribution >= 0.6 is 22.7 Å². The number of carbonyl (C=O) groups excluding carboxylic acids is 2. The Balaban J connectivity index is 2.12. The molecule has 2 amide bonds. The monoisotopic (exact) mass is 510 g/mol. The second-order valence-corrected chi connectivity index (χ2v) is 10.6. The van der Waals surface area contributed by atoms with Crippen molar-refractivity contribution < 1.29 is 9.59 Å². The molecule has 1 aliphatic rings. The number of hydrogen-bond donors (Lipinski definition) is 0. The van der Waals surface area contributed by atoms with E-state index < -0.39 is 5.91 Å². The van der Waals surface area contributed by atoms with E-state index >= 15 is 0 Å². The summed E-state index contributed by atoms with van der Waals surface area (Å²) in [5.41, 5.74) is 1.73. The molecule has 6 nitrogen and oxygen atoms in total. The number of nitriles is 1. The van der Waals surface area contributed by atoms with Gasteiger partial charge in [0.25, 0.3) is 11.8 Å². The van der Waals surface area contributed by atoms with Gasteiger partial charge in [0.1, 0.15) is 17.3 Å². The molecule has 3 heterocycles. The topological polar surface area (TPSA) is 77.3 Å². The Morgan fingerprint density at radius 3 is 2.34 bits per heavy atom. The van der Waals surface area contributed by atoms with Crippen LogP contribution in [0.5, 0.6) is 0 Å². The average Bonchev–Trinajstić information content (AvgIpc) is 3.52. The Morgan fingerprint density at radius 2 is 1.77 bits per heavy atom. The van der Waals surface area contributed by atoms with E-state index in [0.29, 0.717) is 24.1 Å². The first-order chi connectivity index (χ1) is 17.0. The summed E-state index contributed by atoms with van der Waals surface area (Å²) in [4.78, 5) is 36.7. The molecule has 0 saturated heterocycles. The predicted octanol–water partition coefficient (Wildman–Crippen LogP) is 6.67. The standard InChI is InChI=1S/C27H34N4O2S2/c1-5-8-13-30(14-9-6-2)27-29-24(22-12-11-16-34-22)23(35-27)17-20-19(4)21(18-28)26(33)31(25(20)32)15-10-7-3/h11-12,16-17H,5-10,13-15H2,1-4H3/b20-17+. The maximum Gasteiger partial charge on any atom is 0.271 e. The highest BCUT2D eigenvalue weighted by Crippen LogP contribution is 2.38. The largest absolute Gasteiger partial charge is 0.348 e. The number of thiophene rings is 1. The predicted molar refractivity (Wildman–Crippen MR) is 145 cm³/mol. The van der Waals surface area contributed by atoms with Gasteiger partial charge in [0.2, 0.25) is 0 Å². The first-order valence-electron chi connectivity index (χ1n) is 12.5. The van der Waals surface area contributed by atoms with Crippen LogP contribution in [-0.2, 0) is 9.59 Å². The molecule has 0 fully saturated rings. The van der Waals surface area contributed by atoms with Crippen LogP contribution in [0.1, 0.15) is 71.1 Å². The van der Waals surface area contributed by atoms with Crippen LogP contribution in [0, 0.1) is 11.3 Å². The van der Waals surface area contributed by atoms with Crippen molar-refractivity contribution in [3.8, 4) is 16.6 Å². The van der Waals surface area contributed by atoms with Crippen molar-refractivity contribution in [3.05, 3.63) is 39.1 Å². The molecule has 0 atom stereocenters. The summed E-state index contributed by atoms with van der Waals surface area (Å²) >= 11 is 3.19. The molecule has 1 aliphatic heterocycles. The SMILES string of the molecule is CCCCN1C(=O)C(C#N)=C(C)/C(=C\c2sc(N(CCCC)CCCC)nc2-c2cccs2)C1=O. The van der Waals surface area contributed by atoms with Crippen LogP contribution in [0.2, 0.25) is 0 Å². The molecule has 3 rings (SSSR count). The summed E-state index contributed by atoms with van der Waals surface area (Å²) in [5.74, 6) is -0.824. The third-order valence-electron chi connectivity index (χ3n) is 6.07. The smallest absolute Gasteiger partial charge is 0.271 e. The fourth-order valence-corrected chi connectivity index (χ4v) is 5.79. The minimum Gasteiger partial charge on any atom is -0.348 e. The maximum atomic E-state index is 13.4. The lowest BCUT2D eigenvalue weighted by Crippen LogP contribution is -2.43. The first kappa shape index (κ1) is 26.8. The second-order valence-electron chi connectivity index (χ2n) is 8.67. The molecular formula is C27H34N4O2S2. The Hall–Kier alpha value is -2.76. The molecule has 186 valence electrons. The lowest BCUT2D eigenvalue weighted by Gasteiger charge is -2.27. The second kappa shape index (κ2) is 12.8. The summed E-state index contributed by atoms with van der Waals surface area (Å²) in [7, 11) is 0. The molecule has 0 radical (unpaired) electrons. The van der Waals surface area contributed by atoms with Crippen molar-refractivity contribution in [2.24, 2.45) is 0 Å². The number of rotatable bonds is 12. The summed E-state index contributed by atoms with van der Waals surface area (Å²) < 4.78 is 0. The third-order valence-corrected chi connectivity index (χ3v) is 8.01. The average molecular weight is 511 g/mol. The molecular weight excluding hydrogens is 476 g/mol. The number of aromatic nitrogens is 1. The van der Waals surface area contributed by atoms with E-state index in [2.05, 4.69) is 18.7 Å². The molecule has 0 N–H and O–H groups in total. The molecule has 8 heteroatoms. The number of carbonyl (C=O) groups is 2. The van der Waals surface area contributed by atoms with E-state index in [-0.39, 0.29) is 11.5 Å². The van der Waals surface area contributed by atoms with Gasteiger partial charge in [-0.1, -0.05) is 57.4 Å². The number of thiazole rings is 1. The molecule has 0 spiro atoms. The van der Waals surface area contributed by atoms with Crippen molar-refractivity contribution in [1.82, 2.24) is 9.88 Å². The van der Waals surface area contributed by atoms with Crippen LogP contribution in [0.3, 0.4) is 0 Å². The number of hydrogen-bond acceptors (Lipinski definition) is 7. The van der Waals surface area contributed by atoms with Crippen LogP contribution < -0.4 is 4.90 Å². The lowest BCUT2D eigenvalue weighted by molar-refractivity contribution is -0.140. The van der Waals surface area contributed by atoms with Crippen molar-refractivity contribution in [1.29, 1.82) is 5.26 Å². The fourth-order valence-electron chi connectivity index (χ4n) is 3.92. The van der Waals surface area contributed by atoms with E-state index in [0.717, 1.165) is 65.8 Å². The van der Waals surface area contributed by atoms with Gasteiger partial charge in [-0.25, -0.2) is 4.98 Å². The van der Waals surface area contributed by atoms with Crippen LogP contribution in [0.25, 0.3) is 16.6 Å². The number of anilines is 1. The van der Waals surface area contributed by atoms with Crippen molar-refractivity contribution >= 4 is 45.7 Å². The van der Waals surface area contributed by atoms with E-state index in [4.69, 9.17) is 4.98 Å². The number of unbranched alkanes of at least 4 members (excludes halogenated alkanes) is 3. The van der Waals surface area contributed by atoms with Gasteiger partial charge >= 0.3 is 0 Å². The normalized spacial score (nSPS) is 15.3. The molecule has 0 aromatic carbocycles. The van der Waals surface area contributed by atoms with Gasteiger partial charge in [-0.3, -0.25) is 14.5 Å². The molecule has 0 unspecified atom stereocenters. The lowest BCUT2D eigenvalue weighted by atomic mass is 9.94. The Kier molecular flexibility index (Phi) is 9.82. The molecule has 0 bridgehead atoms. The van der Waals surface area contributed by atoms with Crippen LogP contribution in [0.4, 0.5) is 5.13 Å². The molecule has 2 aromatic heterocycles. The maximum absolute atomic E-state index is 13.4. The fraction of sp³-hybridized carbons (Fsp3) is 0.481. The zero-order valence-corrected chi connectivity index (χ0v) is 22.7. The molecule has 2 aromatic rings. The summed E-state index contributed by atoms with van der Waals surface area (Å²) in [5, 5.41) is 12.7. The zero-order valence-electron chi connectivity index (χ0n) is 21.1. The quantitative estimate of drug-likeness (QED) is 0.235. The number of nitrogens with zero attached hydrogens (tertiary/aromatic N) is 4.